The van der Waals surface area contributed by atoms with Crippen molar-refractivity contribution >= 4 is 34.2 Å². The van der Waals surface area contributed by atoms with E-state index in [0.29, 0.717) is 5.39 Å². The van der Waals surface area contributed by atoms with E-state index in [0.717, 1.165) is 5.39 Å². The van der Waals surface area contributed by atoms with Crippen LogP contribution in [0.25, 0.3) is 10.8 Å². The van der Waals surface area contributed by atoms with Crippen molar-refractivity contribution in [1.82, 2.24) is 15.8 Å². The minimum absolute atomic E-state index is 0.00800. The molecule has 186 valence electrons. The van der Waals surface area contributed by atoms with E-state index in [9.17, 15) is 23.6 Å². The highest BCUT2D eigenvalue weighted by molar-refractivity contribution is 6.15. The number of halogens is 1. The summed E-state index contributed by atoms with van der Waals surface area (Å²) in [5, 5.41) is 3.83. The number of allylic oxidation sites excluding steroid dienone is 1. The summed E-state index contributed by atoms with van der Waals surface area (Å²) in [6, 6.07) is 7.54. The fourth-order valence-electron chi connectivity index (χ4n) is 3.59. The van der Waals surface area contributed by atoms with Crippen molar-refractivity contribution in [2.24, 2.45) is 0 Å². The molecule has 0 saturated heterocycles. The zero-order valence-corrected chi connectivity index (χ0v) is 20.0. The van der Waals surface area contributed by atoms with Crippen LogP contribution in [0.5, 0.6) is 0 Å². The number of carbonyl (C=O) groups excluding carboxylic acids is 4. The fourth-order valence-corrected chi connectivity index (χ4v) is 3.59. The van der Waals surface area contributed by atoms with E-state index in [1.54, 1.807) is 45.9 Å². The number of pyridine rings is 1. The second-order valence-corrected chi connectivity index (χ2v) is 9.13. The first-order valence-electron chi connectivity index (χ1n) is 11.2. The molecule has 0 fully saturated rings. The van der Waals surface area contributed by atoms with Gasteiger partial charge in [0.25, 0.3) is 5.91 Å². The molecule has 2 N–H and O–H groups in total. The van der Waals surface area contributed by atoms with Gasteiger partial charge in [-0.2, -0.15) is 0 Å². The van der Waals surface area contributed by atoms with Gasteiger partial charge < -0.3 is 10.1 Å². The van der Waals surface area contributed by atoms with Gasteiger partial charge in [0.2, 0.25) is 5.78 Å². The minimum Gasteiger partial charge on any atom is -0.460 e. The molecule has 9 nitrogen and oxygen atoms in total. The van der Waals surface area contributed by atoms with Crippen LogP contribution in [0.1, 0.15) is 51.0 Å². The Labute approximate surface area is 202 Å². The molecule has 1 aliphatic rings. The van der Waals surface area contributed by atoms with E-state index < -0.39 is 53.8 Å². The SMILES string of the molecule is CCC1(C(=O)NC(CC(=O)OC(C)(C)C)C(=O)CF)C=C(C(=O)c2nccc3ccccc23)NO1. The van der Waals surface area contributed by atoms with E-state index in [4.69, 9.17) is 9.57 Å². The van der Waals surface area contributed by atoms with Crippen molar-refractivity contribution in [1.29, 1.82) is 0 Å². The summed E-state index contributed by atoms with van der Waals surface area (Å²) in [6.45, 7) is 5.20. The molecule has 0 radical (unpaired) electrons. The van der Waals surface area contributed by atoms with E-state index in [2.05, 4.69) is 15.8 Å². The Hall–Kier alpha value is -3.66. The molecule has 2 atom stereocenters. The summed E-state index contributed by atoms with van der Waals surface area (Å²) >= 11 is 0. The largest absolute Gasteiger partial charge is 0.460 e. The van der Waals surface area contributed by atoms with Gasteiger partial charge >= 0.3 is 5.97 Å². The molecule has 0 bridgehead atoms. The third-order valence-electron chi connectivity index (χ3n) is 5.38. The number of Topliss-reactive ketones (excluding diaryl/α,β-unsaturated/α-hetero) is 2. The number of rotatable bonds is 9. The molecule has 2 aromatic rings. The minimum atomic E-state index is -1.67. The predicted octanol–water partition coefficient (Wildman–Crippen LogP) is 2.74. The molecule has 3 rings (SSSR count). The Morgan fingerprint density at radius 1 is 1.20 bits per heavy atom. The first-order chi connectivity index (χ1) is 16.5. The van der Waals surface area contributed by atoms with Gasteiger partial charge in [-0.05, 0) is 44.7 Å². The number of hydrogen-bond acceptors (Lipinski definition) is 8. The maximum Gasteiger partial charge on any atom is 0.308 e. The average molecular weight is 486 g/mol. The molecule has 35 heavy (non-hydrogen) atoms. The van der Waals surface area contributed by atoms with Crippen molar-refractivity contribution in [3.8, 4) is 0 Å². The van der Waals surface area contributed by atoms with Crippen molar-refractivity contribution in [3.63, 3.8) is 0 Å². The summed E-state index contributed by atoms with van der Waals surface area (Å²) in [4.78, 5) is 60.3. The number of nitrogens with one attached hydrogen (secondary N) is 2. The lowest BCUT2D eigenvalue weighted by molar-refractivity contribution is -0.157. The van der Waals surface area contributed by atoms with Crippen molar-refractivity contribution < 1.29 is 33.1 Å². The normalized spacial score (nSPS) is 18.4. The van der Waals surface area contributed by atoms with Crippen LogP contribution in [0.4, 0.5) is 4.39 Å². The molecule has 0 aliphatic carbocycles. The molecule has 0 saturated carbocycles. The first kappa shape index (κ1) is 26.0. The van der Waals surface area contributed by atoms with E-state index >= 15 is 0 Å². The zero-order valence-electron chi connectivity index (χ0n) is 20.0. The lowest BCUT2D eigenvalue weighted by Crippen LogP contribution is -2.53. The average Bonchev–Trinajstić information content (AvgIpc) is 3.27. The smallest absolute Gasteiger partial charge is 0.308 e. The topological polar surface area (TPSA) is 124 Å². The van der Waals surface area contributed by atoms with E-state index in [1.807, 2.05) is 12.1 Å². The standard InChI is InChI=1S/C25H28FN3O6/c1-5-25(23(33)28-17(19(30)14-26)12-20(31)34-24(2,3)4)13-18(29-35-25)22(32)21-16-9-7-6-8-15(16)10-11-27-21/h6-11,13,17,29H,5,12,14H2,1-4H3,(H,28,33). The Bertz CT molecular complexity index is 1180. The maximum absolute atomic E-state index is 13.2. The molecule has 2 heterocycles. The van der Waals surface area contributed by atoms with Crippen LogP contribution < -0.4 is 10.8 Å². The lowest BCUT2D eigenvalue weighted by Gasteiger charge is -2.26. The van der Waals surface area contributed by atoms with Crippen LogP contribution in [-0.2, 0) is 24.0 Å². The fraction of sp³-hybridized carbons (Fsp3) is 0.400. The van der Waals surface area contributed by atoms with Crippen LogP contribution in [0.2, 0.25) is 0 Å². The number of ether oxygens (including phenoxy) is 1. The first-order valence-corrected chi connectivity index (χ1v) is 11.2. The summed E-state index contributed by atoms with van der Waals surface area (Å²) in [6.07, 6.45) is 2.34. The van der Waals surface area contributed by atoms with Gasteiger partial charge in [-0.3, -0.25) is 34.5 Å². The molecule has 1 aromatic carbocycles. The van der Waals surface area contributed by atoms with Gasteiger partial charge in [0.1, 0.15) is 29.7 Å². The number of amides is 1. The molecule has 10 heteroatoms. The van der Waals surface area contributed by atoms with Crippen molar-refractivity contribution in [3.05, 3.63) is 54.0 Å². The van der Waals surface area contributed by atoms with Crippen molar-refractivity contribution in [2.75, 3.05) is 6.67 Å². The number of hydrogen-bond donors (Lipinski definition) is 2. The van der Waals surface area contributed by atoms with E-state index in [1.165, 1.54) is 12.3 Å². The summed E-state index contributed by atoms with van der Waals surface area (Å²) < 4.78 is 18.3. The van der Waals surface area contributed by atoms with Crippen LogP contribution in [-0.4, -0.2) is 52.3 Å². The lowest BCUT2D eigenvalue weighted by atomic mass is 9.96. The van der Waals surface area contributed by atoms with Crippen LogP contribution in [0.3, 0.4) is 0 Å². The molecular formula is C25H28FN3O6. The summed E-state index contributed by atoms with van der Waals surface area (Å²) in [5.74, 6) is -3.05. The second kappa shape index (κ2) is 10.3. The van der Waals surface area contributed by atoms with Gasteiger partial charge in [0.15, 0.2) is 11.4 Å². The number of nitrogens with zero attached hydrogens (tertiary/aromatic N) is 1. The highest BCUT2D eigenvalue weighted by Crippen LogP contribution is 2.28. The molecule has 1 amide bonds. The predicted molar refractivity (Wildman–Crippen MR) is 125 cm³/mol. The van der Waals surface area contributed by atoms with Crippen LogP contribution >= 0.6 is 0 Å². The Morgan fingerprint density at radius 3 is 2.57 bits per heavy atom. The number of alkyl halides is 1. The van der Waals surface area contributed by atoms with Gasteiger partial charge in [-0.1, -0.05) is 31.2 Å². The number of benzene rings is 1. The third kappa shape index (κ3) is 5.89. The molecular weight excluding hydrogens is 457 g/mol. The third-order valence-corrected chi connectivity index (χ3v) is 5.38. The number of carbonyl (C=O) groups is 4. The van der Waals surface area contributed by atoms with E-state index in [-0.39, 0.29) is 17.8 Å². The highest BCUT2D eigenvalue weighted by Gasteiger charge is 2.44. The number of fused-ring (bicyclic) bond motifs is 1. The summed E-state index contributed by atoms with van der Waals surface area (Å²) in [5.41, 5.74) is 0.170. The Kier molecular flexibility index (Phi) is 7.64. The second-order valence-electron chi connectivity index (χ2n) is 9.13. The zero-order chi connectivity index (χ0) is 25.8. The van der Waals surface area contributed by atoms with Gasteiger partial charge in [0.05, 0.1) is 6.42 Å². The number of esters is 1. The van der Waals surface area contributed by atoms with Gasteiger partial charge in [-0.25, -0.2) is 4.39 Å². The van der Waals surface area contributed by atoms with Crippen molar-refractivity contribution in [2.45, 2.75) is 57.8 Å². The Morgan fingerprint density at radius 2 is 1.91 bits per heavy atom. The Balaban J connectivity index is 1.83. The number of hydroxylamine groups is 1. The summed E-state index contributed by atoms with van der Waals surface area (Å²) in [7, 11) is 0. The quantitative estimate of drug-likeness (QED) is 0.411. The molecule has 0 spiro atoms. The number of aromatic nitrogens is 1. The van der Waals surface area contributed by atoms with Crippen LogP contribution in [0.15, 0.2) is 48.3 Å². The monoisotopic (exact) mass is 485 g/mol. The van der Waals surface area contributed by atoms with Crippen LogP contribution in [0, 0.1) is 0 Å². The maximum atomic E-state index is 13.2. The number of ketones is 2. The molecule has 1 aromatic heterocycles. The van der Waals surface area contributed by atoms with Gasteiger partial charge in [-0.15, -0.1) is 0 Å². The highest BCUT2D eigenvalue weighted by atomic mass is 19.1. The molecule has 1 aliphatic heterocycles. The van der Waals surface area contributed by atoms with Gasteiger partial charge in [0, 0.05) is 11.6 Å². The molecule has 2 unspecified atom stereocenters.